The summed E-state index contributed by atoms with van der Waals surface area (Å²) in [6, 6.07) is 12.3. The number of amides is 2. The molecular weight excluding hydrogens is 320 g/mol. The van der Waals surface area contributed by atoms with Gasteiger partial charge in [-0.1, -0.05) is 24.3 Å². The lowest BCUT2D eigenvalue weighted by Gasteiger charge is -2.25. The zero-order valence-corrected chi connectivity index (χ0v) is 14.0. The Morgan fingerprint density at radius 1 is 1.16 bits per heavy atom. The van der Waals surface area contributed by atoms with E-state index >= 15 is 0 Å². The lowest BCUT2D eigenvalue weighted by Crippen LogP contribution is -2.31. The number of benzene rings is 2. The van der Waals surface area contributed by atoms with Gasteiger partial charge in [-0.25, -0.2) is 4.79 Å². The van der Waals surface area contributed by atoms with Gasteiger partial charge in [0.25, 0.3) is 0 Å². The van der Waals surface area contributed by atoms with E-state index in [9.17, 15) is 14.4 Å². The van der Waals surface area contributed by atoms with E-state index in [1.165, 1.54) is 7.11 Å². The molecule has 0 spiro atoms. The highest BCUT2D eigenvalue weighted by atomic mass is 16.5. The Morgan fingerprint density at radius 2 is 1.92 bits per heavy atom. The molecule has 0 unspecified atom stereocenters. The molecule has 0 fully saturated rings. The maximum atomic E-state index is 12.8. The molecule has 0 saturated carbocycles. The fourth-order valence-electron chi connectivity index (χ4n) is 2.97. The lowest BCUT2D eigenvalue weighted by atomic mass is 9.89. The maximum Gasteiger partial charge on any atom is 0.338 e. The van der Waals surface area contributed by atoms with Crippen LogP contribution >= 0.6 is 0 Å². The summed E-state index contributed by atoms with van der Waals surface area (Å²) in [6.07, 6.45) is 0.0819. The van der Waals surface area contributed by atoms with Crippen LogP contribution in [0.2, 0.25) is 0 Å². The van der Waals surface area contributed by atoms with Crippen molar-refractivity contribution in [2.24, 2.45) is 0 Å². The molecule has 1 atom stereocenters. The number of esters is 1. The standard InChI is InChI=1S/C19H18N2O4/c1-11-12(19(24)25-2)7-5-9-15(11)21-18(23)14-10-17(22)20-16-8-4-3-6-13(14)16/h3-9,14H,10H2,1-2H3,(H,20,22)(H,21,23)/t14-/m1/s1. The minimum Gasteiger partial charge on any atom is -0.465 e. The van der Waals surface area contributed by atoms with Gasteiger partial charge in [0.15, 0.2) is 0 Å². The van der Waals surface area contributed by atoms with Crippen molar-refractivity contribution >= 4 is 29.2 Å². The lowest BCUT2D eigenvalue weighted by molar-refractivity contribution is -0.123. The molecule has 0 radical (unpaired) electrons. The number of carbonyl (C=O) groups is 3. The van der Waals surface area contributed by atoms with Crippen molar-refractivity contribution in [1.29, 1.82) is 0 Å². The number of hydrogen-bond acceptors (Lipinski definition) is 4. The van der Waals surface area contributed by atoms with E-state index in [2.05, 4.69) is 10.6 Å². The second-order valence-corrected chi connectivity index (χ2v) is 5.85. The Hall–Kier alpha value is -3.15. The predicted octanol–water partition coefficient (Wildman–Crippen LogP) is 2.85. The van der Waals surface area contributed by atoms with E-state index in [0.29, 0.717) is 22.5 Å². The SMILES string of the molecule is COC(=O)c1cccc(NC(=O)[C@@H]2CC(=O)Nc3ccccc32)c1C. The third-order valence-corrected chi connectivity index (χ3v) is 4.31. The zero-order valence-electron chi connectivity index (χ0n) is 14.0. The molecule has 0 saturated heterocycles. The summed E-state index contributed by atoms with van der Waals surface area (Å²) in [5.74, 6) is -1.52. The van der Waals surface area contributed by atoms with E-state index in [0.717, 1.165) is 5.56 Å². The Bertz CT molecular complexity index is 860. The van der Waals surface area contributed by atoms with Crippen molar-refractivity contribution < 1.29 is 19.1 Å². The maximum absolute atomic E-state index is 12.8. The quantitative estimate of drug-likeness (QED) is 0.843. The molecule has 1 heterocycles. The summed E-state index contributed by atoms with van der Waals surface area (Å²) in [7, 11) is 1.31. The number of nitrogens with one attached hydrogen (secondary N) is 2. The van der Waals surface area contributed by atoms with Crippen LogP contribution in [0, 0.1) is 6.92 Å². The topological polar surface area (TPSA) is 84.5 Å². The molecule has 1 aliphatic heterocycles. The minimum absolute atomic E-state index is 0.0819. The van der Waals surface area contributed by atoms with Crippen LogP contribution < -0.4 is 10.6 Å². The average Bonchev–Trinajstić information content (AvgIpc) is 2.62. The van der Waals surface area contributed by atoms with Gasteiger partial charge in [-0.15, -0.1) is 0 Å². The van der Waals surface area contributed by atoms with Gasteiger partial charge in [-0.05, 0) is 36.2 Å². The molecule has 2 aromatic rings. The van der Waals surface area contributed by atoms with Crippen molar-refractivity contribution in [3.05, 3.63) is 59.2 Å². The van der Waals surface area contributed by atoms with Crippen molar-refractivity contribution in [1.82, 2.24) is 0 Å². The van der Waals surface area contributed by atoms with Crippen LogP contribution in [0.5, 0.6) is 0 Å². The third kappa shape index (κ3) is 3.24. The molecular formula is C19H18N2O4. The normalized spacial score (nSPS) is 15.8. The molecule has 2 aromatic carbocycles. The summed E-state index contributed by atoms with van der Waals surface area (Å²) in [6.45, 7) is 1.74. The summed E-state index contributed by atoms with van der Waals surface area (Å²) >= 11 is 0. The summed E-state index contributed by atoms with van der Waals surface area (Å²) in [5.41, 5.74) is 2.97. The number of para-hydroxylation sites is 1. The Labute approximate surface area is 145 Å². The molecule has 2 N–H and O–H groups in total. The fourth-order valence-corrected chi connectivity index (χ4v) is 2.97. The monoisotopic (exact) mass is 338 g/mol. The molecule has 6 heteroatoms. The number of ether oxygens (including phenoxy) is 1. The average molecular weight is 338 g/mol. The van der Waals surface area contributed by atoms with Crippen LogP contribution in [-0.2, 0) is 14.3 Å². The summed E-state index contributed by atoms with van der Waals surface area (Å²) < 4.78 is 4.75. The van der Waals surface area contributed by atoms with E-state index in [4.69, 9.17) is 4.74 Å². The number of fused-ring (bicyclic) bond motifs is 1. The van der Waals surface area contributed by atoms with Gasteiger partial charge in [0.2, 0.25) is 11.8 Å². The Balaban J connectivity index is 1.89. The number of anilines is 2. The smallest absolute Gasteiger partial charge is 0.338 e. The molecule has 2 amide bonds. The highest BCUT2D eigenvalue weighted by molar-refractivity contribution is 6.05. The first-order valence-corrected chi connectivity index (χ1v) is 7.89. The molecule has 0 aromatic heterocycles. The fraction of sp³-hybridized carbons (Fsp3) is 0.211. The zero-order chi connectivity index (χ0) is 18.0. The second-order valence-electron chi connectivity index (χ2n) is 5.85. The van der Waals surface area contributed by atoms with Crippen molar-refractivity contribution in [2.75, 3.05) is 17.7 Å². The van der Waals surface area contributed by atoms with E-state index in [-0.39, 0.29) is 18.2 Å². The van der Waals surface area contributed by atoms with E-state index in [1.807, 2.05) is 18.2 Å². The largest absolute Gasteiger partial charge is 0.465 e. The van der Waals surface area contributed by atoms with Crippen molar-refractivity contribution in [2.45, 2.75) is 19.3 Å². The van der Waals surface area contributed by atoms with E-state index < -0.39 is 11.9 Å². The van der Waals surface area contributed by atoms with Crippen LogP contribution in [-0.4, -0.2) is 24.9 Å². The molecule has 128 valence electrons. The van der Waals surface area contributed by atoms with Gasteiger partial charge in [0.05, 0.1) is 18.6 Å². The van der Waals surface area contributed by atoms with Crippen LogP contribution in [0.4, 0.5) is 11.4 Å². The molecule has 0 bridgehead atoms. The summed E-state index contributed by atoms with van der Waals surface area (Å²) in [5, 5.41) is 5.61. The van der Waals surface area contributed by atoms with Crippen molar-refractivity contribution in [3.63, 3.8) is 0 Å². The first-order valence-electron chi connectivity index (χ1n) is 7.89. The number of hydrogen-bond donors (Lipinski definition) is 2. The van der Waals surface area contributed by atoms with Crippen LogP contribution in [0.1, 0.15) is 33.8 Å². The van der Waals surface area contributed by atoms with Gasteiger partial charge in [-0.2, -0.15) is 0 Å². The van der Waals surface area contributed by atoms with Crippen molar-refractivity contribution in [3.8, 4) is 0 Å². The first kappa shape index (κ1) is 16.7. The minimum atomic E-state index is -0.578. The van der Waals surface area contributed by atoms with Gasteiger partial charge >= 0.3 is 5.97 Å². The van der Waals surface area contributed by atoms with Gasteiger partial charge in [0.1, 0.15) is 0 Å². The number of carbonyl (C=O) groups excluding carboxylic acids is 3. The van der Waals surface area contributed by atoms with Gasteiger partial charge in [0, 0.05) is 17.8 Å². The summed E-state index contributed by atoms with van der Waals surface area (Å²) in [4.78, 5) is 36.5. The highest BCUT2D eigenvalue weighted by Crippen LogP contribution is 2.33. The molecule has 6 nitrogen and oxygen atoms in total. The Kier molecular flexibility index (Phi) is 4.52. The molecule has 25 heavy (non-hydrogen) atoms. The van der Waals surface area contributed by atoms with Gasteiger partial charge < -0.3 is 15.4 Å². The molecule has 3 rings (SSSR count). The van der Waals surface area contributed by atoms with Gasteiger partial charge in [-0.3, -0.25) is 9.59 Å². The predicted molar refractivity (Wildman–Crippen MR) is 93.6 cm³/mol. The highest BCUT2D eigenvalue weighted by Gasteiger charge is 2.30. The van der Waals surface area contributed by atoms with Crippen LogP contribution in [0.15, 0.2) is 42.5 Å². The molecule has 1 aliphatic rings. The number of rotatable bonds is 3. The number of methoxy groups -OCH3 is 1. The first-order chi connectivity index (χ1) is 12.0. The second kappa shape index (κ2) is 6.76. The molecule has 0 aliphatic carbocycles. The van der Waals surface area contributed by atoms with Crippen LogP contribution in [0.25, 0.3) is 0 Å². The van der Waals surface area contributed by atoms with E-state index in [1.54, 1.807) is 31.2 Å². The van der Waals surface area contributed by atoms with Crippen LogP contribution in [0.3, 0.4) is 0 Å². The third-order valence-electron chi connectivity index (χ3n) is 4.31. The Morgan fingerprint density at radius 3 is 2.68 bits per heavy atom.